The van der Waals surface area contributed by atoms with E-state index in [1.54, 1.807) is 0 Å². The Morgan fingerprint density at radius 2 is 1.36 bits per heavy atom. The molecule has 0 spiro atoms. The zero-order valence-electron chi connectivity index (χ0n) is 19.2. The van der Waals surface area contributed by atoms with Gasteiger partial charge in [0.15, 0.2) is 0 Å². The molecule has 0 bridgehead atoms. The van der Waals surface area contributed by atoms with Crippen LogP contribution in [0, 0.1) is 0 Å². The van der Waals surface area contributed by atoms with Gasteiger partial charge in [-0.25, -0.2) is 0 Å². The molecule has 3 aromatic carbocycles. The van der Waals surface area contributed by atoms with Crippen LogP contribution in [0.25, 0.3) is 11.1 Å². The summed E-state index contributed by atoms with van der Waals surface area (Å²) >= 11 is 3.36. The van der Waals surface area contributed by atoms with Crippen LogP contribution < -0.4 is 11.5 Å². The highest BCUT2D eigenvalue weighted by Crippen LogP contribution is 2.23. The molecule has 0 aliphatic carbocycles. The lowest BCUT2D eigenvalue weighted by Crippen LogP contribution is -2.47. The third kappa shape index (κ3) is 8.24. The summed E-state index contributed by atoms with van der Waals surface area (Å²) in [6, 6.07) is 27.2. The second-order valence-electron chi connectivity index (χ2n) is 7.72. The van der Waals surface area contributed by atoms with Gasteiger partial charge in [-0.3, -0.25) is 14.5 Å². The van der Waals surface area contributed by atoms with Gasteiger partial charge in [0.05, 0.1) is 12.1 Å². The monoisotopic (exact) mass is 509 g/mol. The Bertz CT molecular complexity index is 957. The molecule has 0 heterocycles. The van der Waals surface area contributed by atoms with Crippen molar-refractivity contribution in [2.24, 2.45) is 11.5 Å². The van der Waals surface area contributed by atoms with Crippen molar-refractivity contribution in [2.75, 3.05) is 6.54 Å². The van der Waals surface area contributed by atoms with Crippen molar-refractivity contribution in [3.63, 3.8) is 0 Å². The summed E-state index contributed by atoms with van der Waals surface area (Å²) < 4.78 is 0.943. The van der Waals surface area contributed by atoms with Gasteiger partial charge < -0.3 is 11.5 Å². The Kier molecular flexibility index (Phi) is 11.0. The maximum absolute atomic E-state index is 12.4. The minimum atomic E-state index is -0.699. The molecule has 0 saturated carbocycles. The minimum absolute atomic E-state index is 0.307. The van der Waals surface area contributed by atoms with Gasteiger partial charge in [-0.1, -0.05) is 88.7 Å². The van der Waals surface area contributed by atoms with E-state index in [0.717, 1.165) is 10.0 Å². The fourth-order valence-electron chi connectivity index (χ4n) is 3.41. The Morgan fingerprint density at radius 1 is 0.879 bits per heavy atom. The predicted octanol–water partition coefficient (Wildman–Crippen LogP) is 5.31. The van der Waals surface area contributed by atoms with E-state index in [-0.39, 0.29) is 17.9 Å². The van der Waals surface area contributed by atoms with Crippen LogP contribution in [0.2, 0.25) is 0 Å². The maximum Gasteiger partial charge on any atom is 0.246 e. The van der Waals surface area contributed by atoms with E-state index in [4.69, 9.17) is 11.5 Å². The summed E-state index contributed by atoms with van der Waals surface area (Å²) in [4.78, 5) is 25.5. The number of imide groups is 1. The second kappa shape index (κ2) is 13.7. The molecule has 3 aromatic rings. The van der Waals surface area contributed by atoms with Gasteiger partial charge >= 0.3 is 0 Å². The first kappa shape index (κ1) is 26.5. The molecular weight excluding hydrogens is 478 g/mol. The van der Waals surface area contributed by atoms with E-state index < -0.39 is 6.04 Å². The molecule has 0 aliphatic rings. The molecule has 0 saturated heterocycles. The average Bonchev–Trinajstić information content (AvgIpc) is 2.84. The van der Waals surface area contributed by atoms with Crippen LogP contribution in [-0.2, 0) is 9.59 Å². The molecule has 0 aromatic heterocycles. The van der Waals surface area contributed by atoms with Gasteiger partial charge in [0, 0.05) is 11.4 Å². The number of benzene rings is 3. The highest BCUT2D eigenvalue weighted by Gasteiger charge is 2.29. The van der Waals surface area contributed by atoms with Crippen molar-refractivity contribution in [1.82, 2.24) is 4.90 Å². The number of halogens is 1. The zero-order valence-corrected chi connectivity index (χ0v) is 20.7. The molecule has 0 fully saturated rings. The number of amides is 2. The third-order valence-electron chi connectivity index (χ3n) is 5.23. The lowest BCUT2D eigenvalue weighted by molar-refractivity contribution is -0.147. The number of hydrogen-bond acceptors (Lipinski definition) is 4. The lowest BCUT2D eigenvalue weighted by Gasteiger charge is -2.29. The van der Waals surface area contributed by atoms with Crippen LogP contribution in [0.15, 0.2) is 89.4 Å². The van der Waals surface area contributed by atoms with Crippen LogP contribution in [0.1, 0.15) is 38.3 Å². The molecule has 0 aliphatic heterocycles. The van der Waals surface area contributed by atoms with Crippen molar-refractivity contribution < 1.29 is 9.59 Å². The number of nitrogens with zero attached hydrogens (tertiary/aromatic N) is 1. The van der Waals surface area contributed by atoms with Gasteiger partial charge in [-0.15, -0.1) is 0 Å². The highest BCUT2D eigenvalue weighted by atomic mass is 79.9. The number of rotatable bonds is 7. The maximum atomic E-state index is 12.4. The smallest absolute Gasteiger partial charge is 0.246 e. The van der Waals surface area contributed by atoms with Crippen molar-refractivity contribution in [1.29, 1.82) is 0 Å². The Labute approximate surface area is 204 Å². The fraction of sp³-hybridized carbons (Fsp3) is 0.259. The summed E-state index contributed by atoms with van der Waals surface area (Å²) in [5.41, 5.74) is 14.7. The fourth-order valence-corrected chi connectivity index (χ4v) is 3.67. The van der Waals surface area contributed by atoms with Crippen LogP contribution >= 0.6 is 15.9 Å². The molecule has 2 amide bonds. The van der Waals surface area contributed by atoms with E-state index in [0.29, 0.717) is 19.4 Å². The quantitative estimate of drug-likeness (QED) is 0.451. The van der Waals surface area contributed by atoms with Gasteiger partial charge in [0.25, 0.3) is 0 Å². The lowest BCUT2D eigenvalue weighted by atomic mass is 10.0. The van der Waals surface area contributed by atoms with E-state index in [2.05, 4.69) is 64.5 Å². The second-order valence-corrected chi connectivity index (χ2v) is 8.64. The van der Waals surface area contributed by atoms with Crippen molar-refractivity contribution in [3.05, 3.63) is 95.0 Å². The minimum Gasteiger partial charge on any atom is -0.330 e. The number of carbonyl (C=O) groups excluding carboxylic acids is 2. The Hall–Kier alpha value is -2.80. The molecular formula is C27H32BrN3O2. The summed E-state index contributed by atoms with van der Waals surface area (Å²) in [5, 5.41) is 0. The van der Waals surface area contributed by atoms with Crippen LogP contribution in [0.3, 0.4) is 0 Å². The van der Waals surface area contributed by atoms with Crippen molar-refractivity contribution in [3.8, 4) is 11.1 Å². The molecule has 174 valence electrons. The first-order chi connectivity index (χ1) is 15.8. The third-order valence-corrected chi connectivity index (χ3v) is 5.76. The summed E-state index contributed by atoms with van der Waals surface area (Å²) in [5.74, 6) is -0.662. The summed E-state index contributed by atoms with van der Waals surface area (Å²) in [6.07, 6.45) is 1.14. The van der Waals surface area contributed by atoms with Gasteiger partial charge in [-0.2, -0.15) is 0 Å². The predicted molar refractivity (Wildman–Crippen MR) is 138 cm³/mol. The Morgan fingerprint density at radius 3 is 1.79 bits per heavy atom. The standard InChI is InChI=1S/C15H22BrN3O2.C12H10/c1-10(12-5-7-13(16)8-6-12)19(11(2)20)15(21)14(18)4-3-9-17;1-3-7-11(8-4-1)12-9-5-2-6-10-12/h5-8,10,14H,3-4,9,17-18H2,1-2H3;1-10H. The van der Waals surface area contributed by atoms with Gasteiger partial charge in [0.1, 0.15) is 0 Å². The van der Waals surface area contributed by atoms with Crippen LogP contribution in [0.5, 0.6) is 0 Å². The zero-order chi connectivity index (χ0) is 24.2. The first-order valence-corrected chi connectivity index (χ1v) is 11.8. The topological polar surface area (TPSA) is 89.4 Å². The average molecular weight is 510 g/mol. The van der Waals surface area contributed by atoms with Crippen LogP contribution in [-0.4, -0.2) is 29.3 Å². The molecule has 2 unspecified atom stereocenters. The highest BCUT2D eigenvalue weighted by molar-refractivity contribution is 9.10. The molecule has 5 nitrogen and oxygen atoms in total. The molecule has 3 rings (SSSR count). The normalized spacial score (nSPS) is 12.2. The number of carbonyl (C=O) groups is 2. The largest absolute Gasteiger partial charge is 0.330 e. The Balaban J connectivity index is 0.000000268. The number of nitrogens with two attached hydrogens (primary N) is 2. The van der Waals surface area contributed by atoms with E-state index in [1.807, 2.05) is 43.3 Å². The molecule has 4 N–H and O–H groups in total. The van der Waals surface area contributed by atoms with E-state index in [9.17, 15) is 9.59 Å². The molecule has 2 atom stereocenters. The summed E-state index contributed by atoms with van der Waals surface area (Å²) in [7, 11) is 0. The molecule has 0 radical (unpaired) electrons. The van der Waals surface area contributed by atoms with Gasteiger partial charge in [0.2, 0.25) is 11.8 Å². The van der Waals surface area contributed by atoms with Gasteiger partial charge in [-0.05, 0) is 55.1 Å². The molecule has 33 heavy (non-hydrogen) atoms. The van der Waals surface area contributed by atoms with Crippen LogP contribution in [0.4, 0.5) is 0 Å². The van der Waals surface area contributed by atoms with Crippen molar-refractivity contribution in [2.45, 2.75) is 38.8 Å². The van der Waals surface area contributed by atoms with E-state index in [1.165, 1.54) is 23.0 Å². The number of hydrogen-bond donors (Lipinski definition) is 2. The summed E-state index contributed by atoms with van der Waals surface area (Å²) in [6.45, 7) is 3.67. The first-order valence-electron chi connectivity index (χ1n) is 11.0. The van der Waals surface area contributed by atoms with E-state index >= 15 is 0 Å². The van der Waals surface area contributed by atoms with Crippen molar-refractivity contribution >= 4 is 27.7 Å². The SMILES string of the molecule is CC(=O)N(C(=O)C(N)CCCN)C(C)c1ccc(Br)cc1.c1ccc(-c2ccccc2)cc1. The molecule has 6 heteroatoms.